The molecule has 3 aromatic heterocycles. The number of carbonyl (C=O) groups is 1. The van der Waals surface area contributed by atoms with Crippen LogP contribution in [0.1, 0.15) is 36.9 Å². The van der Waals surface area contributed by atoms with Crippen molar-refractivity contribution in [3.63, 3.8) is 0 Å². The first-order valence-corrected chi connectivity index (χ1v) is 11.0. The second-order valence-electron chi connectivity index (χ2n) is 9.06. The van der Waals surface area contributed by atoms with Crippen LogP contribution in [0.3, 0.4) is 0 Å². The number of imidazole rings is 1. The summed E-state index contributed by atoms with van der Waals surface area (Å²) >= 11 is 0. The van der Waals surface area contributed by atoms with Gasteiger partial charge in [-0.25, -0.2) is 9.67 Å². The van der Waals surface area contributed by atoms with Crippen LogP contribution in [0.4, 0.5) is 14.5 Å². The van der Waals surface area contributed by atoms with Crippen LogP contribution in [0.5, 0.6) is 0 Å². The number of benzene rings is 1. The number of hydrogen-bond donors (Lipinski definition) is 1. The number of aromatic nitrogens is 5. The number of nitrogens with one attached hydrogen (secondary N) is 1. The van der Waals surface area contributed by atoms with Crippen molar-refractivity contribution < 1.29 is 13.6 Å². The van der Waals surface area contributed by atoms with Crippen molar-refractivity contribution in [1.82, 2.24) is 24.7 Å². The fourth-order valence-corrected chi connectivity index (χ4v) is 4.82. The maximum atomic E-state index is 13.6. The molecular weight excluding hydrogens is 426 g/mol. The Balaban J connectivity index is 1.37. The Bertz CT molecular complexity index is 1380. The molecule has 2 aliphatic rings. The average molecular weight is 448 g/mol. The summed E-state index contributed by atoms with van der Waals surface area (Å²) < 4.78 is 27.8. The molecule has 33 heavy (non-hydrogen) atoms. The van der Waals surface area contributed by atoms with Gasteiger partial charge in [-0.2, -0.15) is 13.9 Å². The van der Waals surface area contributed by atoms with Crippen LogP contribution >= 0.6 is 0 Å². The number of alkyl halides is 2. The highest BCUT2D eigenvalue weighted by Gasteiger charge is 2.55. The lowest BCUT2D eigenvalue weighted by atomic mass is 9.77. The molecule has 6 rings (SSSR count). The average Bonchev–Trinajstić information content (AvgIpc) is 3.25. The summed E-state index contributed by atoms with van der Waals surface area (Å²) in [5, 5.41) is 3.77. The maximum absolute atomic E-state index is 13.6. The van der Waals surface area contributed by atoms with Gasteiger partial charge in [0.1, 0.15) is 0 Å². The third kappa shape index (κ3) is 3.21. The van der Waals surface area contributed by atoms with Gasteiger partial charge in [-0.15, -0.1) is 0 Å². The van der Waals surface area contributed by atoms with E-state index in [1.165, 1.54) is 12.4 Å². The number of H-pyrrole nitrogens is 1. The Kier molecular flexibility index (Phi) is 4.21. The first-order chi connectivity index (χ1) is 15.8. The van der Waals surface area contributed by atoms with E-state index in [0.717, 1.165) is 47.6 Å². The number of carbonyl (C=O) groups excluding carboxylic acids is 1. The van der Waals surface area contributed by atoms with Crippen molar-refractivity contribution in [3.05, 3.63) is 60.3 Å². The standard InChI is InChI=1S/C24H22F2N6O/c1-13-7-19(15-9-30-31(11-15)24(2,25)26)27-10-17(13)22-21(14-3-4-14)23(33)32(22)16-5-6-18-20(8-16)29-12-28-18/h5-12,14,21-22H,3-4H2,1-2H3,(H,28,29)/t21?,22-/m0/s1. The van der Waals surface area contributed by atoms with E-state index in [4.69, 9.17) is 0 Å². The van der Waals surface area contributed by atoms with Gasteiger partial charge in [0.05, 0.1) is 41.2 Å². The Hall–Kier alpha value is -3.62. The number of halogens is 2. The number of pyridine rings is 1. The highest BCUT2D eigenvalue weighted by Crippen LogP contribution is 2.54. The summed E-state index contributed by atoms with van der Waals surface area (Å²) in [4.78, 5) is 27.0. The molecule has 9 heteroatoms. The first-order valence-electron chi connectivity index (χ1n) is 11.0. The van der Waals surface area contributed by atoms with Gasteiger partial charge in [0.25, 0.3) is 0 Å². The van der Waals surface area contributed by atoms with E-state index < -0.39 is 6.05 Å². The van der Waals surface area contributed by atoms with Gasteiger partial charge in [0, 0.05) is 30.6 Å². The fourth-order valence-electron chi connectivity index (χ4n) is 4.82. The third-order valence-electron chi connectivity index (χ3n) is 6.70. The lowest BCUT2D eigenvalue weighted by molar-refractivity contribution is -0.131. The van der Waals surface area contributed by atoms with Crippen molar-refractivity contribution >= 4 is 22.6 Å². The number of fused-ring (bicyclic) bond motifs is 1. The highest BCUT2D eigenvalue weighted by atomic mass is 19.3. The molecule has 1 saturated heterocycles. The molecule has 1 amide bonds. The molecular formula is C24H22F2N6O. The SMILES string of the molecule is Cc1cc(-c2cnn(C(C)(F)F)c2)ncc1[C@H]1C(C2CC2)C(=O)N1c1ccc2[nH]cnc2c1. The topological polar surface area (TPSA) is 79.7 Å². The van der Waals surface area contributed by atoms with Crippen molar-refractivity contribution in [2.24, 2.45) is 11.8 Å². The minimum atomic E-state index is -3.08. The van der Waals surface area contributed by atoms with Gasteiger partial charge in [0.15, 0.2) is 0 Å². The minimum Gasteiger partial charge on any atom is -0.345 e. The number of aryl methyl sites for hydroxylation is 1. The minimum absolute atomic E-state index is 0.0623. The van der Waals surface area contributed by atoms with Crippen LogP contribution in [0.2, 0.25) is 0 Å². The van der Waals surface area contributed by atoms with Gasteiger partial charge in [-0.1, -0.05) is 0 Å². The fraction of sp³-hybridized carbons (Fsp3) is 0.333. The number of β-lactam (4-membered cyclic amide) rings is 1. The molecule has 1 aliphatic carbocycles. The molecule has 7 nitrogen and oxygen atoms in total. The van der Waals surface area contributed by atoms with E-state index in [1.807, 2.05) is 36.1 Å². The lowest BCUT2D eigenvalue weighted by Gasteiger charge is -2.48. The molecule has 1 N–H and O–H groups in total. The van der Waals surface area contributed by atoms with E-state index >= 15 is 0 Å². The van der Waals surface area contributed by atoms with E-state index in [9.17, 15) is 13.6 Å². The van der Waals surface area contributed by atoms with Crippen LogP contribution in [0, 0.1) is 18.8 Å². The lowest BCUT2D eigenvalue weighted by Crippen LogP contribution is -2.56. The molecule has 4 aromatic rings. The summed E-state index contributed by atoms with van der Waals surface area (Å²) in [5.74, 6) is 0.469. The first kappa shape index (κ1) is 20.0. The second kappa shape index (κ2) is 6.94. The summed E-state index contributed by atoms with van der Waals surface area (Å²) in [6, 6.07) is 4.49. The van der Waals surface area contributed by atoms with E-state index in [0.29, 0.717) is 21.9 Å². The number of hydrogen-bond acceptors (Lipinski definition) is 4. The summed E-state index contributed by atoms with van der Waals surface area (Å²) in [6.07, 6.45) is 8.23. The molecule has 0 spiro atoms. The summed E-state index contributed by atoms with van der Waals surface area (Å²) in [6.45, 7) is 2.77. The zero-order valence-electron chi connectivity index (χ0n) is 18.2. The van der Waals surface area contributed by atoms with Gasteiger partial charge in [-0.3, -0.25) is 9.78 Å². The number of aromatic amines is 1. The predicted octanol–water partition coefficient (Wildman–Crippen LogP) is 4.81. The Morgan fingerprint density at radius 3 is 2.67 bits per heavy atom. The second-order valence-corrected chi connectivity index (χ2v) is 9.06. The van der Waals surface area contributed by atoms with Crippen LogP contribution in [-0.4, -0.2) is 30.6 Å². The Morgan fingerprint density at radius 1 is 1.15 bits per heavy atom. The summed E-state index contributed by atoms with van der Waals surface area (Å²) in [5.41, 5.74) is 5.58. The molecule has 4 heterocycles. The van der Waals surface area contributed by atoms with E-state index in [2.05, 4.69) is 20.1 Å². The van der Waals surface area contributed by atoms with Gasteiger partial charge >= 0.3 is 6.05 Å². The Labute approximate surface area is 188 Å². The molecule has 0 bridgehead atoms. The maximum Gasteiger partial charge on any atom is 0.340 e. The molecule has 1 unspecified atom stereocenters. The van der Waals surface area contributed by atoms with E-state index in [1.54, 1.807) is 12.5 Å². The molecule has 168 valence electrons. The largest absolute Gasteiger partial charge is 0.345 e. The molecule has 1 aromatic carbocycles. The van der Waals surface area contributed by atoms with Crippen LogP contribution < -0.4 is 4.90 Å². The number of rotatable bonds is 5. The summed E-state index contributed by atoms with van der Waals surface area (Å²) in [7, 11) is 0. The number of nitrogens with zero attached hydrogens (tertiary/aromatic N) is 5. The van der Waals surface area contributed by atoms with Crippen LogP contribution in [0.15, 0.2) is 49.2 Å². The smallest absolute Gasteiger partial charge is 0.340 e. The zero-order chi connectivity index (χ0) is 22.9. The quantitative estimate of drug-likeness (QED) is 0.444. The zero-order valence-corrected chi connectivity index (χ0v) is 18.2. The molecule has 2 atom stereocenters. The van der Waals surface area contributed by atoms with Gasteiger partial charge < -0.3 is 9.88 Å². The third-order valence-corrected chi connectivity index (χ3v) is 6.70. The number of anilines is 1. The molecule has 2 fully saturated rings. The van der Waals surface area contributed by atoms with Crippen molar-refractivity contribution in [2.45, 2.75) is 38.8 Å². The van der Waals surface area contributed by atoms with Crippen molar-refractivity contribution in [2.75, 3.05) is 4.90 Å². The predicted molar refractivity (Wildman–Crippen MR) is 119 cm³/mol. The van der Waals surface area contributed by atoms with Crippen LogP contribution in [-0.2, 0) is 10.8 Å². The molecule has 1 aliphatic heterocycles. The van der Waals surface area contributed by atoms with E-state index in [-0.39, 0.29) is 17.9 Å². The van der Waals surface area contributed by atoms with Crippen molar-refractivity contribution in [1.29, 1.82) is 0 Å². The molecule has 0 radical (unpaired) electrons. The van der Waals surface area contributed by atoms with Crippen molar-refractivity contribution in [3.8, 4) is 11.3 Å². The molecule has 1 saturated carbocycles. The highest BCUT2D eigenvalue weighted by molar-refractivity contribution is 6.04. The normalized spacial score (nSPS) is 21.0. The van der Waals surface area contributed by atoms with Gasteiger partial charge in [-0.05, 0) is 61.1 Å². The van der Waals surface area contributed by atoms with Gasteiger partial charge in [0.2, 0.25) is 5.91 Å². The monoisotopic (exact) mass is 448 g/mol. The number of amides is 1. The Morgan fingerprint density at radius 2 is 1.97 bits per heavy atom. The van der Waals surface area contributed by atoms with Crippen LogP contribution in [0.25, 0.3) is 22.3 Å².